The molecule has 0 spiro atoms. The van der Waals surface area contributed by atoms with Crippen LogP contribution in [0.2, 0.25) is 0 Å². The second-order valence-corrected chi connectivity index (χ2v) is 4.21. The van der Waals surface area contributed by atoms with Gasteiger partial charge in [0.05, 0.1) is 5.56 Å². The first kappa shape index (κ1) is 15.0. The normalized spacial score (nSPS) is 11.9. The molecule has 1 aromatic rings. The van der Waals surface area contributed by atoms with Crippen LogP contribution in [-0.4, -0.2) is 6.54 Å². The van der Waals surface area contributed by atoms with Gasteiger partial charge in [0, 0.05) is 0 Å². The molecule has 18 heavy (non-hydrogen) atoms. The highest BCUT2D eigenvalue weighted by Crippen LogP contribution is 2.35. The van der Waals surface area contributed by atoms with Gasteiger partial charge in [0.2, 0.25) is 0 Å². The van der Waals surface area contributed by atoms with Crippen LogP contribution < -0.4 is 5.73 Å². The van der Waals surface area contributed by atoms with Crippen LogP contribution in [0.25, 0.3) is 0 Å². The van der Waals surface area contributed by atoms with Gasteiger partial charge in [0.15, 0.2) is 0 Å². The molecule has 0 bridgehead atoms. The highest BCUT2D eigenvalue weighted by atomic mass is 19.4. The second-order valence-electron chi connectivity index (χ2n) is 4.21. The summed E-state index contributed by atoms with van der Waals surface area (Å²) >= 11 is 0. The largest absolute Gasteiger partial charge is 0.419 e. The van der Waals surface area contributed by atoms with Crippen molar-refractivity contribution in [3.05, 3.63) is 34.6 Å². The summed E-state index contributed by atoms with van der Waals surface area (Å²) in [6.07, 6.45) is -2.38. The fourth-order valence-corrected chi connectivity index (χ4v) is 1.94. The number of benzene rings is 1. The number of hydrogen-bond acceptors (Lipinski definition) is 1. The predicted molar refractivity (Wildman–Crippen MR) is 62.8 cm³/mol. The summed E-state index contributed by atoms with van der Waals surface area (Å²) in [5.41, 5.74) is 4.83. The first-order valence-corrected chi connectivity index (χ1v) is 5.98. The molecule has 0 aliphatic carbocycles. The van der Waals surface area contributed by atoms with Gasteiger partial charge in [-0.3, -0.25) is 0 Å². The summed E-state index contributed by atoms with van der Waals surface area (Å²) in [5.74, 6) is -1.18. The maximum atomic E-state index is 13.6. The summed E-state index contributed by atoms with van der Waals surface area (Å²) in [4.78, 5) is 0. The Morgan fingerprint density at radius 2 is 1.83 bits per heavy atom. The SMILES string of the molecule is CCc1cc(CCCCN)cc(F)c1C(F)(F)F. The molecule has 0 saturated heterocycles. The van der Waals surface area contributed by atoms with Crippen LogP contribution in [0.4, 0.5) is 17.6 Å². The minimum absolute atomic E-state index is 0.0187. The number of halogens is 4. The van der Waals surface area contributed by atoms with Gasteiger partial charge in [-0.05, 0) is 49.4 Å². The standard InChI is InChI=1S/C13H17F4N/c1-2-10-7-9(5-3-4-6-18)8-11(14)12(10)13(15,16)17/h7-8H,2-6,18H2,1H3. The van der Waals surface area contributed by atoms with Gasteiger partial charge < -0.3 is 5.73 Å². The van der Waals surface area contributed by atoms with Crippen molar-refractivity contribution >= 4 is 0 Å². The van der Waals surface area contributed by atoms with E-state index in [1.165, 1.54) is 6.07 Å². The van der Waals surface area contributed by atoms with Crippen molar-refractivity contribution in [3.8, 4) is 0 Å². The molecule has 0 radical (unpaired) electrons. The second kappa shape index (κ2) is 6.18. The molecule has 0 atom stereocenters. The van der Waals surface area contributed by atoms with Crippen LogP contribution in [0, 0.1) is 5.82 Å². The number of unbranched alkanes of at least 4 members (excludes halogenated alkanes) is 1. The van der Waals surface area contributed by atoms with Crippen molar-refractivity contribution in [2.45, 2.75) is 38.8 Å². The molecule has 0 aliphatic heterocycles. The van der Waals surface area contributed by atoms with Gasteiger partial charge in [-0.25, -0.2) is 4.39 Å². The van der Waals surface area contributed by atoms with Crippen molar-refractivity contribution in [3.63, 3.8) is 0 Å². The number of nitrogens with two attached hydrogens (primary N) is 1. The van der Waals surface area contributed by atoms with Gasteiger partial charge in [0.1, 0.15) is 5.82 Å². The van der Waals surface area contributed by atoms with Crippen molar-refractivity contribution < 1.29 is 17.6 Å². The third-order valence-electron chi connectivity index (χ3n) is 2.82. The Morgan fingerprint density at radius 1 is 1.17 bits per heavy atom. The van der Waals surface area contributed by atoms with E-state index in [2.05, 4.69) is 0 Å². The van der Waals surface area contributed by atoms with Crippen LogP contribution in [0.5, 0.6) is 0 Å². The Balaban J connectivity index is 3.03. The number of hydrogen-bond donors (Lipinski definition) is 1. The summed E-state index contributed by atoms with van der Waals surface area (Å²) in [6, 6.07) is 2.43. The predicted octanol–water partition coefficient (Wildman–Crippen LogP) is 3.69. The fourth-order valence-electron chi connectivity index (χ4n) is 1.94. The van der Waals surface area contributed by atoms with Gasteiger partial charge in [-0.2, -0.15) is 13.2 Å². The van der Waals surface area contributed by atoms with E-state index in [4.69, 9.17) is 5.73 Å². The highest BCUT2D eigenvalue weighted by molar-refractivity contribution is 5.35. The molecule has 1 nitrogen and oxygen atoms in total. The molecule has 0 amide bonds. The Morgan fingerprint density at radius 3 is 2.33 bits per heavy atom. The molecule has 0 fully saturated rings. The van der Waals surface area contributed by atoms with Gasteiger partial charge in [-0.15, -0.1) is 0 Å². The molecular weight excluding hydrogens is 246 g/mol. The quantitative estimate of drug-likeness (QED) is 0.636. The average molecular weight is 263 g/mol. The van der Waals surface area contributed by atoms with Crippen LogP contribution in [0.1, 0.15) is 36.5 Å². The lowest BCUT2D eigenvalue weighted by Crippen LogP contribution is -2.13. The molecule has 102 valence electrons. The van der Waals surface area contributed by atoms with E-state index >= 15 is 0 Å². The van der Waals surface area contributed by atoms with Crippen LogP contribution in [0.15, 0.2) is 12.1 Å². The third kappa shape index (κ3) is 3.70. The summed E-state index contributed by atoms with van der Waals surface area (Å²) < 4.78 is 51.6. The summed E-state index contributed by atoms with van der Waals surface area (Å²) in [5, 5.41) is 0. The summed E-state index contributed by atoms with van der Waals surface area (Å²) in [6.45, 7) is 2.12. The maximum Gasteiger partial charge on any atom is 0.419 e. The Labute approximate surface area is 104 Å². The smallest absolute Gasteiger partial charge is 0.330 e. The zero-order chi connectivity index (χ0) is 13.8. The van der Waals surface area contributed by atoms with Gasteiger partial charge >= 0.3 is 6.18 Å². The first-order chi connectivity index (χ1) is 8.40. The molecule has 0 saturated carbocycles. The molecular formula is C13H17F4N. The van der Waals surface area contributed by atoms with Crippen molar-refractivity contribution in [2.75, 3.05) is 6.54 Å². The van der Waals surface area contributed by atoms with Gasteiger partial charge in [-0.1, -0.05) is 13.0 Å². The van der Waals surface area contributed by atoms with Crippen molar-refractivity contribution in [2.24, 2.45) is 5.73 Å². The van der Waals surface area contributed by atoms with E-state index in [-0.39, 0.29) is 12.0 Å². The number of aryl methyl sites for hydroxylation is 2. The van der Waals surface area contributed by atoms with Crippen LogP contribution >= 0.6 is 0 Å². The zero-order valence-electron chi connectivity index (χ0n) is 10.3. The maximum absolute atomic E-state index is 13.6. The van der Waals surface area contributed by atoms with Crippen LogP contribution in [-0.2, 0) is 19.0 Å². The van der Waals surface area contributed by atoms with E-state index in [1.807, 2.05) is 0 Å². The number of rotatable bonds is 5. The first-order valence-electron chi connectivity index (χ1n) is 5.98. The Bertz CT molecular complexity index is 399. The molecule has 0 unspecified atom stereocenters. The molecule has 0 aromatic heterocycles. The Hall–Kier alpha value is -1.10. The third-order valence-corrected chi connectivity index (χ3v) is 2.82. The molecule has 5 heteroatoms. The molecule has 0 heterocycles. The molecule has 1 aromatic carbocycles. The molecule has 1 rings (SSSR count). The highest BCUT2D eigenvalue weighted by Gasteiger charge is 2.36. The molecule has 0 aliphatic rings. The van der Waals surface area contributed by atoms with E-state index in [0.29, 0.717) is 18.5 Å². The minimum atomic E-state index is -4.63. The molecule has 2 N–H and O–H groups in total. The van der Waals surface area contributed by atoms with Gasteiger partial charge in [0.25, 0.3) is 0 Å². The zero-order valence-corrected chi connectivity index (χ0v) is 10.3. The lowest BCUT2D eigenvalue weighted by atomic mass is 9.98. The van der Waals surface area contributed by atoms with E-state index < -0.39 is 17.6 Å². The van der Waals surface area contributed by atoms with E-state index in [0.717, 1.165) is 18.9 Å². The van der Waals surface area contributed by atoms with E-state index in [9.17, 15) is 17.6 Å². The summed E-state index contributed by atoms with van der Waals surface area (Å²) in [7, 11) is 0. The monoisotopic (exact) mass is 263 g/mol. The van der Waals surface area contributed by atoms with Crippen LogP contribution in [0.3, 0.4) is 0 Å². The topological polar surface area (TPSA) is 26.0 Å². The average Bonchev–Trinajstić information content (AvgIpc) is 2.26. The van der Waals surface area contributed by atoms with E-state index in [1.54, 1.807) is 6.92 Å². The number of alkyl halides is 3. The fraction of sp³-hybridized carbons (Fsp3) is 0.538. The van der Waals surface area contributed by atoms with Crippen molar-refractivity contribution in [1.29, 1.82) is 0 Å². The lowest BCUT2D eigenvalue weighted by Gasteiger charge is -2.14. The Kier molecular flexibility index (Phi) is 5.14. The minimum Gasteiger partial charge on any atom is -0.330 e. The van der Waals surface area contributed by atoms with Crippen molar-refractivity contribution in [1.82, 2.24) is 0 Å². The lowest BCUT2D eigenvalue weighted by molar-refractivity contribution is -0.140.